The van der Waals surface area contributed by atoms with Gasteiger partial charge in [0.25, 0.3) is 0 Å². The van der Waals surface area contributed by atoms with E-state index in [0.29, 0.717) is 0 Å². The molecule has 0 amide bonds. The van der Waals surface area contributed by atoms with E-state index in [0.717, 1.165) is 44.6 Å². The van der Waals surface area contributed by atoms with Gasteiger partial charge in [-0.1, -0.05) is 37.8 Å². The Balaban J connectivity index is 2.27. The fourth-order valence-corrected chi connectivity index (χ4v) is 2.95. The first-order valence-electron chi connectivity index (χ1n) is 7.02. The molecule has 0 bridgehead atoms. The van der Waals surface area contributed by atoms with Crippen LogP contribution in [0.4, 0.5) is 17.6 Å². The van der Waals surface area contributed by atoms with Gasteiger partial charge in [-0.3, -0.25) is 0 Å². The summed E-state index contributed by atoms with van der Waals surface area (Å²) in [6, 6.07) is 2.71. The number of rotatable bonds is 2. The van der Waals surface area contributed by atoms with E-state index >= 15 is 0 Å². The molecule has 2 rings (SSSR count). The zero-order valence-corrected chi connectivity index (χ0v) is 11.2. The zero-order valence-electron chi connectivity index (χ0n) is 11.2. The molecule has 1 unspecified atom stereocenters. The molecule has 0 aromatic heterocycles. The average Bonchev–Trinajstić information content (AvgIpc) is 2.65. The fourth-order valence-electron chi connectivity index (χ4n) is 2.95. The molecule has 1 saturated carbocycles. The lowest BCUT2D eigenvalue weighted by atomic mass is 9.87. The minimum Gasteiger partial charge on any atom is -0.324 e. The van der Waals surface area contributed by atoms with Gasteiger partial charge < -0.3 is 5.73 Å². The molecule has 1 atom stereocenters. The number of benzene rings is 1. The van der Waals surface area contributed by atoms with Crippen molar-refractivity contribution in [3.63, 3.8) is 0 Å². The monoisotopic (exact) mass is 289 g/mol. The van der Waals surface area contributed by atoms with Gasteiger partial charge in [-0.2, -0.15) is 13.2 Å². The van der Waals surface area contributed by atoms with E-state index in [1.54, 1.807) is 0 Å². The molecule has 0 spiro atoms. The first-order chi connectivity index (χ1) is 9.41. The molecule has 1 aliphatic rings. The Morgan fingerprint density at radius 3 is 2.20 bits per heavy atom. The van der Waals surface area contributed by atoms with Gasteiger partial charge in [0.15, 0.2) is 0 Å². The molecule has 0 radical (unpaired) electrons. The van der Waals surface area contributed by atoms with Crippen LogP contribution in [0.1, 0.15) is 55.7 Å². The molecular weight excluding hydrogens is 270 g/mol. The van der Waals surface area contributed by atoms with Gasteiger partial charge in [0.2, 0.25) is 0 Å². The van der Waals surface area contributed by atoms with Crippen LogP contribution >= 0.6 is 0 Å². The van der Waals surface area contributed by atoms with Crippen molar-refractivity contribution in [2.75, 3.05) is 0 Å². The van der Waals surface area contributed by atoms with E-state index in [1.807, 2.05) is 0 Å². The van der Waals surface area contributed by atoms with E-state index in [9.17, 15) is 17.6 Å². The largest absolute Gasteiger partial charge is 0.419 e. The highest BCUT2D eigenvalue weighted by Crippen LogP contribution is 2.37. The standard InChI is InChI=1S/C15H19F4N/c16-13-11(8-5-9-12(13)15(17,18)19)14(20)10-6-3-1-2-4-7-10/h5,8-10,14H,1-4,6-7,20H2. The summed E-state index contributed by atoms with van der Waals surface area (Å²) in [5.74, 6) is -1.15. The molecule has 1 nitrogen and oxygen atoms in total. The number of hydrogen-bond donors (Lipinski definition) is 1. The highest BCUT2D eigenvalue weighted by atomic mass is 19.4. The van der Waals surface area contributed by atoms with Crippen LogP contribution in [0.15, 0.2) is 18.2 Å². The summed E-state index contributed by atoms with van der Waals surface area (Å²) >= 11 is 0. The van der Waals surface area contributed by atoms with E-state index in [2.05, 4.69) is 0 Å². The third-order valence-electron chi connectivity index (χ3n) is 4.10. The Morgan fingerprint density at radius 2 is 1.65 bits per heavy atom. The van der Waals surface area contributed by atoms with Crippen LogP contribution in [0.3, 0.4) is 0 Å². The van der Waals surface area contributed by atoms with Crippen LogP contribution in [-0.2, 0) is 6.18 Å². The molecule has 20 heavy (non-hydrogen) atoms. The molecule has 5 heteroatoms. The van der Waals surface area contributed by atoms with E-state index in [1.165, 1.54) is 12.1 Å². The molecule has 1 aliphatic carbocycles. The number of hydrogen-bond acceptors (Lipinski definition) is 1. The van der Waals surface area contributed by atoms with Crippen LogP contribution < -0.4 is 5.73 Å². The van der Waals surface area contributed by atoms with Gasteiger partial charge in [0, 0.05) is 11.6 Å². The Bertz CT molecular complexity index is 448. The van der Waals surface area contributed by atoms with Gasteiger partial charge >= 0.3 is 6.18 Å². The van der Waals surface area contributed by atoms with E-state index in [-0.39, 0.29) is 11.5 Å². The molecule has 2 N–H and O–H groups in total. The average molecular weight is 289 g/mol. The topological polar surface area (TPSA) is 26.0 Å². The van der Waals surface area contributed by atoms with Gasteiger partial charge in [-0.25, -0.2) is 4.39 Å². The first kappa shape index (κ1) is 15.3. The summed E-state index contributed by atoms with van der Waals surface area (Å²) in [7, 11) is 0. The second-order valence-corrected chi connectivity index (χ2v) is 5.48. The maximum Gasteiger partial charge on any atom is 0.419 e. The van der Waals surface area contributed by atoms with Crippen LogP contribution in [0.5, 0.6) is 0 Å². The van der Waals surface area contributed by atoms with Crippen molar-refractivity contribution >= 4 is 0 Å². The predicted molar refractivity (Wildman–Crippen MR) is 69.5 cm³/mol. The summed E-state index contributed by atoms with van der Waals surface area (Å²) in [5.41, 5.74) is 4.81. The fraction of sp³-hybridized carbons (Fsp3) is 0.600. The summed E-state index contributed by atoms with van der Waals surface area (Å²) in [4.78, 5) is 0. The third kappa shape index (κ3) is 3.32. The van der Waals surface area contributed by atoms with E-state index in [4.69, 9.17) is 5.73 Å². The van der Waals surface area contributed by atoms with Crippen molar-refractivity contribution in [1.82, 2.24) is 0 Å². The molecule has 112 valence electrons. The number of halogens is 4. The molecule has 1 aromatic carbocycles. The smallest absolute Gasteiger partial charge is 0.324 e. The van der Waals surface area contributed by atoms with Crippen molar-refractivity contribution in [2.45, 2.75) is 50.7 Å². The highest BCUT2D eigenvalue weighted by molar-refractivity contribution is 5.30. The van der Waals surface area contributed by atoms with Crippen molar-refractivity contribution < 1.29 is 17.6 Å². The quantitative estimate of drug-likeness (QED) is 0.613. The second-order valence-electron chi connectivity index (χ2n) is 5.48. The Kier molecular flexibility index (Phi) is 4.68. The normalized spacial score (nSPS) is 19.6. The minimum absolute atomic E-state index is 0.00766. The number of nitrogens with two attached hydrogens (primary N) is 1. The van der Waals surface area contributed by atoms with Gasteiger partial charge in [0.05, 0.1) is 5.56 Å². The molecule has 1 aromatic rings. The summed E-state index contributed by atoms with van der Waals surface area (Å²) in [6.45, 7) is 0. The lowest BCUT2D eigenvalue weighted by Crippen LogP contribution is -2.23. The summed E-state index contributed by atoms with van der Waals surface area (Å²) in [5, 5.41) is 0. The third-order valence-corrected chi connectivity index (χ3v) is 4.10. The summed E-state index contributed by atoms with van der Waals surface area (Å²) in [6.07, 6.45) is 1.30. The molecule has 1 fully saturated rings. The lowest BCUT2D eigenvalue weighted by Gasteiger charge is -2.24. The second kappa shape index (κ2) is 6.12. The first-order valence-corrected chi connectivity index (χ1v) is 7.02. The highest BCUT2D eigenvalue weighted by Gasteiger charge is 2.36. The Labute approximate surface area is 116 Å². The minimum atomic E-state index is -4.68. The van der Waals surface area contributed by atoms with Crippen molar-refractivity contribution in [3.8, 4) is 0 Å². The van der Waals surface area contributed by atoms with Crippen LogP contribution in [0.25, 0.3) is 0 Å². The lowest BCUT2D eigenvalue weighted by molar-refractivity contribution is -0.140. The maximum absolute atomic E-state index is 14.1. The van der Waals surface area contributed by atoms with Gasteiger partial charge in [0.1, 0.15) is 5.82 Å². The maximum atomic E-state index is 14.1. The Morgan fingerprint density at radius 1 is 1.05 bits per heavy atom. The van der Waals surface area contributed by atoms with Crippen molar-refractivity contribution in [3.05, 3.63) is 35.1 Å². The van der Waals surface area contributed by atoms with Gasteiger partial charge in [-0.15, -0.1) is 0 Å². The van der Waals surface area contributed by atoms with Gasteiger partial charge in [-0.05, 0) is 24.8 Å². The van der Waals surface area contributed by atoms with Crippen LogP contribution in [0, 0.1) is 11.7 Å². The molecule has 0 saturated heterocycles. The number of alkyl halides is 3. The van der Waals surface area contributed by atoms with Crippen molar-refractivity contribution in [1.29, 1.82) is 0 Å². The van der Waals surface area contributed by atoms with Crippen molar-refractivity contribution in [2.24, 2.45) is 11.7 Å². The zero-order chi connectivity index (χ0) is 14.8. The predicted octanol–water partition coefficient (Wildman–Crippen LogP) is 4.81. The molecule has 0 heterocycles. The molecular formula is C15H19F4N. The van der Waals surface area contributed by atoms with Crippen LogP contribution in [0.2, 0.25) is 0 Å². The summed E-state index contributed by atoms with van der Waals surface area (Å²) < 4.78 is 52.2. The van der Waals surface area contributed by atoms with Crippen LogP contribution in [-0.4, -0.2) is 0 Å². The SMILES string of the molecule is NC(c1cccc(C(F)(F)F)c1F)C1CCCCCC1. The Hall–Kier alpha value is -1.10. The molecule has 0 aliphatic heterocycles. The van der Waals surface area contributed by atoms with E-state index < -0.39 is 23.6 Å².